The van der Waals surface area contributed by atoms with E-state index in [0.29, 0.717) is 19.1 Å². The minimum atomic E-state index is -0.515. The van der Waals surface area contributed by atoms with Crippen molar-refractivity contribution >= 4 is 6.16 Å². The van der Waals surface area contributed by atoms with Gasteiger partial charge in [-0.3, -0.25) is 0 Å². The molecule has 0 unspecified atom stereocenters. The summed E-state index contributed by atoms with van der Waals surface area (Å²) in [6, 6.07) is 0. The molecule has 0 aliphatic carbocycles. The van der Waals surface area contributed by atoms with Crippen molar-refractivity contribution in [2.24, 2.45) is 5.92 Å². The zero-order chi connectivity index (χ0) is 17.9. The van der Waals surface area contributed by atoms with Crippen molar-refractivity contribution in [2.75, 3.05) is 13.2 Å². The molecule has 0 aromatic heterocycles. The van der Waals surface area contributed by atoms with E-state index in [0.717, 1.165) is 12.8 Å². The maximum Gasteiger partial charge on any atom is 0.508 e. The molecule has 0 heterocycles. The molecular formula is C21H42O3. The minimum absolute atomic E-state index is 0.360. The van der Waals surface area contributed by atoms with Crippen LogP contribution in [0.4, 0.5) is 4.79 Å². The molecule has 0 saturated heterocycles. The zero-order valence-electron chi connectivity index (χ0n) is 16.6. The predicted octanol–water partition coefficient (Wildman–Crippen LogP) is 7.28. The molecule has 0 N–H and O–H groups in total. The predicted molar refractivity (Wildman–Crippen MR) is 102 cm³/mol. The van der Waals surface area contributed by atoms with E-state index < -0.39 is 6.16 Å². The molecule has 3 heteroatoms. The number of carbonyl (C=O) groups is 1. The monoisotopic (exact) mass is 342 g/mol. The molecular weight excluding hydrogens is 300 g/mol. The minimum Gasteiger partial charge on any atom is -0.434 e. The van der Waals surface area contributed by atoms with Crippen LogP contribution in [0.1, 0.15) is 111 Å². The van der Waals surface area contributed by atoms with Crippen LogP contribution in [-0.4, -0.2) is 19.4 Å². The van der Waals surface area contributed by atoms with Crippen LogP contribution in [-0.2, 0) is 9.47 Å². The van der Waals surface area contributed by atoms with E-state index in [4.69, 9.17) is 9.47 Å². The average molecular weight is 343 g/mol. The van der Waals surface area contributed by atoms with E-state index in [1.54, 1.807) is 0 Å². The van der Waals surface area contributed by atoms with Crippen molar-refractivity contribution in [2.45, 2.75) is 111 Å². The Hall–Kier alpha value is -0.730. The molecule has 0 aliphatic heterocycles. The molecule has 0 fully saturated rings. The van der Waals surface area contributed by atoms with Gasteiger partial charge in [0.25, 0.3) is 0 Å². The molecule has 0 aromatic carbocycles. The highest BCUT2D eigenvalue weighted by Crippen LogP contribution is 2.13. The van der Waals surface area contributed by atoms with Gasteiger partial charge in [0.05, 0.1) is 13.2 Å². The first-order chi connectivity index (χ1) is 11.7. The lowest BCUT2D eigenvalue weighted by molar-refractivity contribution is 0.0465. The van der Waals surface area contributed by atoms with Gasteiger partial charge >= 0.3 is 6.16 Å². The summed E-state index contributed by atoms with van der Waals surface area (Å²) in [6.45, 7) is 7.24. The molecule has 24 heavy (non-hydrogen) atoms. The first kappa shape index (κ1) is 23.3. The molecule has 144 valence electrons. The highest BCUT2D eigenvalue weighted by atomic mass is 16.7. The van der Waals surface area contributed by atoms with Gasteiger partial charge in [0, 0.05) is 0 Å². The molecule has 0 bridgehead atoms. The Morgan fingerprint density at radius 1 is 0.667 bits per heavy atom. The van der Waals surface area contributed by atoms with Crippen molar-refractivity contribution in [3.63, 3.8) is 0 Å². The SMILES string of the molecule is CCCCCCCCCCCCCCCCOC(=O)OCC(C)C. The fourth-order valence-electron chi connectivity index (χ4n) is 2.73. The third kappa shape index (κ3) is 19.3. The molecule has 3 nitrogen and oxygen atoms in total. The summed E-state index contributed by atoms with van der Waals surface area (Å²) in [4.78, 5) is 11.2. The summed E-state index contributed by atoms with van der Waals surface area (Å²) in [5, 5.41) is 0. The average Bonchev–Trinajstić information content (AvgIpc) is 2.56. The van der Waals surface area contributed by atoms with Gasteiger partial charge in [0.15, 0.2) is 0 Å². The standard InChI is InChI=1S/C21H42O3/c1-4-5-6-7-8-9-10-11-12-13-14-15-16-17-18-23-21(22)24-19-20(2)3/h20H,4-19H2,1-3H3. The Kier molecular flexibility index (Phi) is 18.0. The van der Waals surface area contributed by atoms with Crippen molar-refractivity contribution < 1.29 is 14.3 Å². The van der Waals surface area contributed by atoms with Crippen LogP contribution in [0.2, 0.25) is 0 Å². The summed E-state index contributed by atoms with van der Waals surface area (Å²) in [5.41, 5.74) is 0. The lowest BCUT2D eigenvalue weighted by atomic mass is 10.0. The van der Waals surface area contributed by atoms with Gasteiger partial charge in [-0.05, 0) is 12.3 Å². The van der Waals surface area contributed by atoms with Crippen molar-refractivity contribution in [1.29, 1.82) is 0 Å². The summed E-state index contributed by atoms with van der Waals surface area (Å²) >= 11 is 0. The molecule has 0 amide bonds. The van der Waals surface area contributed by atoms with Gasteiger partial charge in [-0.15, -0.1) is 0 Å². The number of rotatable bonds is 17. The van der Waals surface area contributed by atoms with Gasteiger partial charge in [-0.25, -0.2) is 4.79 Å². The molecule has 0 spiro atoms. The van der Waals surface area contributed by atoms with Crippen LogP contribution in [0.5, 0.6) is 0 Å². The second-order valence-electron chi connectivity index (χ2n) is 7.40. The summed E-state index contributed by atoms with van der Waals surface area (Å²) < 4.78 is 10.00. The molecule has 0 rings (SSSR count). The number of hydrogen-bond acceptors (Lipinski definition) is 3. The molecule has 0 atom stereocenters. The van der Waals surface area contributed by atoms with Crippen LogP contribution in [0.3, 0.4) is 0 Å². The highest BCUT2D eigenvalue weighted by Gasteiger charge is 2.04. The van der Waals surface area contributed by atoms with Crippen LogP contribution in [0, 0.1) is 5.92 Å². The topological polar surface area (TPSA) is 35.5 Å². The fraction of sp³-hybridized carbons (Fsp3) is 0.952. The van der Waals surface area contributed by atoms with E-state index in [1.165, 1.54) is 77.0 Å². The summed E-state index contributed by atoms with van der Waals surface area (Å²) in [6.07, 6.45) is 18.2. The van der Waals surface area contributed by atoms with Crippen molar-refractivity contribution in [1.82, 2.24) is 0 Å². The third-order valence-electron chi connectivity index (χ3n) is 4.25. The number of unbranched alkanes of at least 4 members (excludes halogenated alkanes) is 13. The molecule has 0 saturated carbocycles. The second-order valence-corrected chi connectivity index (χ2v) is 7.40. The number of hydrogen-bond donors (Lipinski definition) is 0. The summed E-state index contributed by atoms with van der Waals surface area (Å²) in [5.74, 6) is 0.360. The van der Waals surface area contributed by atoms with Gasteiger partial charge in [0.2, 0.25) is 0 Å². The first-order valence-electron chi connectivity index (χ1n) is 10.5. The Morgan fingerprint density at radius 2 is 1.08 bits per heavy atom. The molecule has 0 aromatic rings. The smallest absolute Gasteiger partial charge is 0.434 e. The number of ether oxygens (including phenoxy) is 2. The maximum atomic E-state index is 11.2. The summed E-state index contributed by atoms with van der Waals surface area (Å²) in [7, 11) is 0. The Bertz CT molecular complexity index is 264. The quantitative estimate of drug-likeness (QED) is 0.206. The van der Waals surface area contributed by atoms with Crippen LogP contribution >= 0.6 is 0 Å². The van der Waals surface area contributed by atoms with Crippen molar-refractivity contribution in [3.05, 3.63) is 0 Å². The van der Waals surface area contributed by atoms with Gasteiger partial charge in [-0.2, -0.15) is 0 Å². The van der Waals surface area contributed by atoms with Gasteiger partial charge in [0.1, 0.15) is 0 Å². The van der Waals surface area contributed by atoms with E-state index in [2.05, 4.69) is 6.92 Å². The van der Waals surface area contributed by atoms with Crippen LogP contribution < -0.4 is 0 Å². The van der Waals surface area contributed by atoms with E-state index in [1.807, 2.05) is 13.8 Å². The van der Waals surface area contributed by atoms with Crippen LogP contribution in [0.25, 0.3) is 0 Å². The van der Waals surface area contributed by atoms with Crippen LogP contribution in [0.15, 0.2) is 0 Å². The Morgan fingerprint density at radius 3 is 1.50 bits per heavy atom. The fourth-order valence-corrected chi connectivity index (χ4v) is 2.73. The Balaban J connectivity index is 3.08. The first-order valence-corrected chi connectivity index (χ1v) is 10.5. The van der Waals surface area contributed by atoms with Gasteiger partial charge in [-0.1, -0.05) is 104 Å². The Labute approximate surface area is 150 Å². The molecule has 0 aliphatic rings. The van der Waals surface area contributed by atoms with Crippen molar-refractivity contribution in [3.8, 4) is 0 Å². The lowest BCUT2D eigenvalue weighted by Gasteiger charge is -2.07. The highest BCUT2D eigenvalue weighted by molar-refractivity contribution is 5.59. The van der Waals surface area contributed by atoms with E-state index in [9.17, 15) is 4.79 Å². The lowest BCUT2D eigenvalue weighted by Crippen LogP contribution is -2.12. The molecule has 0 radical (unpaired) electrons. The van der Waals surface area contributed by atoms with E-state index in [-0.39, 0.29) is 0 Å². The van der Waals surface area contributed by atoms with E-state index >= 15 is 0 Å². The van der Waals surface area contributed by atoms with Gasteiger partial charge < -0.3 is 9.47 Å². The maximum absolute atomic E-state index is 11.2. The number of carbonyl (C=O) groups excluding carboxylic acids is 1. The largest absolute Gasteiger partial charge is 0.508 e. The normalized spacial score (nSPS) is 11.0. The second kappa shape index (κ2) is 18.6. The zero-order valence-corrected chi connectivity index (χ0v) is 16.6. The third-order valence-corrected chi connectivity index (χ3v) is 4.25.